The number of carbonyl (C=O) groups excluding carboxylic acids is 1. The van der Waals surface area contributed by atoms with E-state index in [1.54, 1.807) is 15.8 Å². The first-order chi connectivity index (χ1) is 22.3. The van der Waals surface area contributed by atoms with E-state index in [1.165, 1.54) is 24.5 Å². The van der Waals surface area contributed by atoms with Crippen LogP contribution in [-0.4, -0.2) is 62.2 Å². The Morgan fingerprint density at radius 2 is 1.96 bits per heavy atom. The molecule has 2 aromatic carbocycles. The molecule has 5 heterocycles. The van der Waals surface area contributed by atoms with Crippen molar-refractivity contribution in [2.45, 2.75) is 19.5 Å². The molecule has 1 atom stereocenters. The van der Waals surface area contributed by atoms with Crippen LogP contribution < -0.4 is 4.74 Å². The number of terminal acetylenes is 1. The monoisotopic (exact) mass is 638 g/mol. The molecule has 0 aliphatic carbocycles. The van der Waals surface area contributed by atoms with Crippen LogP contribution >= 0.6 is 11.3 Å². The number of aromatic nitrogens is 5. The van der Waals surface area contributed by atoms with Gasteiger partial charge in [0, 0.05) is 59.4 Å². The summed E-state index contributed by atoms with van der Waals surface area (Å²) in [5.74, 6) is 0.269. The molecule has 232 valence electrons. The molecule has 0 N–H and O–H groups in total. The van der Waals surface area contributed by atoms with Crippen LogP contribution in [0.15, 0.2) is 54.0 Å². The fraction of sp³-hybridized carbons (Fsp3) is 0.235. The van der Waals surface area contributed by atoms with Crippen molar-refractivity contribution in [3.05, 3.63) is 71.4 Å². The lowest BCUT2D eigenvalue weighted by atomic mass is 9.96. The fourth-order valence-corrected chi connectivity index (χ4v) is 7.04. The topological polar surface area (TPSA) is 87.3 Å². The Morgan fingerprint density at radius 3 is 2.76 bits per heavy atom. The second kappa shape index (κ2) is 11.7. The number of nitrogens with zero attached hydrogens (tertiary/aromatic N) is 6. The summed E-state index contributed by atoms with van der Waals surface area (Å²) in [7, 11) is 3.41. The highest BCUT2D eigenvalue weighted by atomic mass is 32.1. The first kappa shape index (κ1) is 29.6. The summed E-state index contributed by atoms with van der Waals surface area (Å²) in [5, 5.41) is 12.9. The minimum Gasteiger partial charge on any atom is -0.490 e. The van der Waals surface area contributed by atoms with Crippen LogP contribution in [0.3, 0.4) is 0 Å². The third-order valence-electron chi connectivity index (χ3n) is 8.33. The van der Waals surface area contributed by atoms with Crippen molar-refractivity contribution in [1.82, 2.24) is 29.4 Å². The molecule has 6 aromatic rings. The number of carbonyl (C=O) groups is 1. The Balaban J connectivity index is 1.50. The maximum absolute atomic E-state index is 16.0. The molecule has 12 heteroatoms. The highest BCUT2D eigenvalue weighted by Crippen LogP contribution is 2.47. The molecule has 4 aromatic heterocycles. The zero-order valence-electron chi connectivity index (χ0n) is 25.3. The molecule has 0 saturated heterocycles. The normalized spacial score (nSPS) is 14.5. The number of thiophene rings is 1. The molecule has 46 heavy (non-hydrogen) atoms. The van der Waals surface area contributed by atoms with Gasteiger partial charge in [0.15, 0.2) is 0 Å². The van der Waals surface area contributed by atoms with Crippen LogP contribution in [0.5, 0.6) is 5.75 Å². The number of ether oxygens (including phenoxy) is 2. The van der Waals surface area contributed by atoms with Gasteiger partial charge in [0.25, 0.3) is 5.91 Å². The number of benzene rings is 2. The van der Waals surface area contributed by atoms with Crippen LogP contribution in [-0.2, 0) is 23.1 Å². The van der Waals surface area contributed by atoms with Gasteiger partial charge in [-0.3, -0.25) is 14.2 Å². The van der Waals surface area contributed by atoms with Crippen LogP contribution in [0.2, 0.25) is 0 Å². The zero-order valence-corrected chi connectivity index (χ0v) is 26.1. The largest absolute Gasteiger partial charge is 0.490 e. The summed E-state index contributed by atoms with van der Waals surface area (Å²) >= 11 is 1.42. The lowest BCUT2D eigenvalue weighted by molar-refractivity contribution is -0.128. The number of methoxy groups -OCH3 is 1. The van der Waals surface area contributed by atoms with E-state index in [4.69, 9.17) is 26.0 Å². The van der Waals surface area contributed by atoms with Crippen molar-refractivity contribution in [2.24, 2.45) is 7.05 Å². The number of fused-ring (bicyclic) bond motifs is 3. The smallest absolute Gasteiger partial charge is 0.298 e. The molecule has 9 nitrogen and oxygen atoms in total. The third-order valence-corrected chi connectivity index (χ3v) is 9.26. The number of pyridine rings is 1. The second-order valence-electron chi connectivity index (χ2n) is 11.0. The average Bonchev–Trinajstić information content (AvgIpc) is 3.79. The first-order valence-electron chi connectivity index (χ1n) is 14.6. The Kier molecular flexibility index (Phi) is 7.50. The lowest BCUT2D eigenvalue weighted by Crippen LogP contribution is -2.40. The minimum absolute atomic E-state index is 0.0277. The van der Waals surface area contributed by atoms with E-state index in [-0.39, 0.29) is 30.6 Å². The number of amides is 1. The van der Waals surface area contributed by atoms with E-state index in [0.29, 0.717) is 35.7 Å². The van der Waals surface area contributed by atoms with Crippen LogP contribution in [0.1, 0.15) is 18.7 Å². The molecule has 1 amide bonds. The zero-order chi connectivity index (χ0) is 32.1. The predicted octanol–water partition coefficient (Wildman–Crippen LogP) is 6.22. The standard InChI is InChI=1S/C34H28F2N6O3S/c1-5-29(43)41-9-10-42-27(19(41)2)17-25(39-42)33-31(30-24(36)15-22(35)16-28(30)45-12-11-44-4)34-23(8-13-46-34)32(38-33)20-6-7-26-21(14-20)18-37-40(26)3/h1,6-8,13-19H,9-12H2,2-4H3/t19-/m1/s1. The van der Waals surface area contributed by atoms with Gasteiger partial charge in [-0.2, -0.15) is 10.2 Å². The van der Waals surface area contributed by atoms with Crippen molar-refractivity contribution in [3.63, 3.8) is 0 Å². The van der Waals surface area contributed by atoms with Crippen LogP contribution in [0.25, 0.3) is 54.8 Å². The minimum atomic E-state index is -0.794. The number of rotatable bonds is 7. The maximum atomic E-state index is 16.0. The van der Waals surface area contributed by atoms with E-state index in [1.807, 2.05) is 54.4 Å². The predicted molar refractivity (Wildman–Crippen MR) is 172 cm³/mol. The van der Waals surface area contributed by atoms with Gasteiger partial charge in [-0.15, -0.1) is 17.8 Å². The molecular formula is C34H28F2N6O3S. The summed E-state index contributed by atoms with van der Waals surface area (Å²) in [5.41, 5.74) is 4.61. The van der Waals surface area contributed by atoms with Gasteiger partial charge < -0.3 is 14.4 Å². The van der Waals surface area contributed by atoms with E-state index in [2.05, 4.69) is 11.0 Å². The Labute approximate surface area is 267 Å². The number of hydrogen-bond donors (Lipinski definition) is 0. The van der Waals surface area contributed by atoms with Gasteiger partial charge in [-0.05, 0) is 42.5 Å². The maximum Gasteiger partial charge on any atom is 0.298 e. The molecule has 0 saturated carbocycles. The van der Waals surface area contributed by atoms with Gasteiger partial charge >= 0.3 is 0 Å². The van der Waals surface area contributed by atoms with Crippen molar-refractivity contribution in [1.29, 1.82) is 0 Å². The molecule has 1 aliphatic rings. The summed E-state index contributed by atoms with van der Waals surface area (Å²) in [6, 6.07) is 11.4. The molecule has 0 radical (unpaired) electrons. The summed E-state index contributed by atoms with van der Waals surface area (Å²) in [6.07, 6.45) is 7.24. The fourth-order valence-electron chi connectivity index (χ4n) is 6.09. The van der Waals surface area contributed by atoms with Gasteiger partial charge in [0.05, 0.1) is 47.9 Å². The molecule has 0 spiro atoms. The van der Waals surface area contributed by atoms with Crippen molar-refractivity contribution in [3.8, 4) is 51.9 Å². The van der Waals surface area contributed by atoms with Gasteiger partial charge in [-0.1, -0.05) is 6.07 Å². The lowest BCUT2D eigenvalue weighted by Gasteiger charge is -2.32. The Bertz CT molecular complexity index is 2200. The second-order valence-corrected chi connectivity index (χ2v) is 11.9. The van der Waals surface area contributed by atoms with Crippen LogP contribution in [0.4, 0.5) is 8.78 Å². The highest BCUT2D eigenvalue weighted by Gasteiger charge is 2.31. The van der Waals surface area contributed by atoms with E-state index in [0.717, 1.165) is 38.3 Å². The molecule has 0 fully saturated rings. The summed E-state index contributed by atoms with van der Waals surface area (Å²) < 4.78 is 46.0. The number of halogens is 2. The van der Waals surface area contributed by atoms with Gasteiger partial charge in [-0.25, -0.2) is 13.8 Å². The van der Waals surface area contributed by atoms with E-state index >= 15 is 4.39 Å². The molecule has 0 bridgehead atoms. The van der Waals surface area contributed by atoms with Crippen molar-refractivity contribution in [2.75, 3.05) is 26.9 Å². The number of aryl methyl sites for hydroxylation is 1. The van der Waals surface area contributed by atoms with Crippen LogP contribution in [0, 0.1) is 24.0 Å². The average molecular weight is 639 g/mol. The van der Waals surface area contributed by atoms with Gasteiger partial charge in [0.2, 0.25) is 0 Å². The van der Waals surface area contributed by atoms with E-state index < -0.39 is 17.5 Å². The summed E-state index contributed by atoms with van der Waals surface area (Å²) in [6.45, 7) is 3.01. The number of hydrogen-bond acceptors (Lipinski definition) is 7. The molecule has 7 rings (SSSR count). The van der Waals surface area contributed by atoms with E-state index in [9.17, 15) is 9.18 Å². The molecular weight excluding hydrogens is 610 g/mol. The first-order valence-corrected chi connectivity index (χ1v) is 15.5. The van der Waals surface area contributed by atoms with Gasteiger partial charge in [0.1, 0.15) is 35.4 Å². The SMILES string of the molecule is C#CC(=O)N1CCn2nc(-c3nc(-c4ccc5c(cnn5C)c4)c4ccsc4c3-c3c(F)cc(F)cc3OCCOC)cc2[C@H]1C. The Hall–Kier alpha value is -5.12. The van der Waals surface area contributed by atoms with Crippen molar-refractivity contribution < 1.29 is 23.0 Å². The summed E-state index contributed by atoms with van der Waals surface area (Å²) in [4.78, 5) is 19.3. The highest BCUT2D eigenvalue weighted by molar-refractivity contribution is 7.18. The third kappa shape index (κ3) is 4.88. The Morgan fingerprint density at radius 1 is 1.11 bits per heavy atom. The quantitative estimate of drug-likeness (QED) is 0.153. The van der Waals surface area contributed by atoms with Crippen molar-refractivity contribution >= 4 is 38.2 Å². The molecule has 1 aliphatic heterocycles. The molecule has 0 unspecified atom stereocenters.